The molecule has 0 N–H and O–H groups in total. The number of fused-ring (bicyclic) bond motifs is 10. The molecular formula is C66H76B2. The fourth-order valence-electron chi connectivity index (χ4n) is 23.8. The molecule has 0 bridgehead atoms. The third kappa shape index (κ3) is 5.00. The molecule has 8 fully saturated rings. The molecule has 16 aliphatic rings. The van der Waals surface area contributed by atoms with Crippen LogP contribution in [0.1, 0.15) is 97.8 Å². The second kappa shape index (κ2) is 14.3. The van der Waals surface area contributed by atoms with Crippen LogP contribution in [0.3, 0.4) is 0 Å². The van der Waals surface area contributed by atoms with E-state index in [1.165, 1.54) is 77.0 Å². The Morgan fingerprint density at radius 1 is 0.485 bits per heavy atom. The Balaban J connectivity index is 0.831. The number of hydrogen-bond acceptors (Lipinski definition) is 0. The van der Waals surface area contributed by atoms with Gasteiger partial charge in [0.1, 0.15) is 0 Å². The summed E-state index contributed by atoms with van der Waals surface area (Å²) in [6, 6.07) is 0. The maximum Gasteiger partial charge on any atom is 0.161 e. The number of hydrogen-bond donors (Lipinski definition) is 0. The Labute approximate surface area is 410 Å². The van der Waals surface area contributed by atoms with Crippen molar-refractivity contribution in [1.29, 1.82) is 0 Å². The Morgan fingerprint density at radius 2 is 1.03 bits per heavy atom. The van der Waals surface area contributed by atoms with Crippen molar-refractivity contribution in [2.75, 3.05) is 0 Å². The van der Waals surface area contributed by atoms with E-state index in [4.69, 9.17) is 0 Å². The first kappa shape index (κ1) is 41.1. The second-order valence-corrected chi connectivity index (χ2v) is 27.4. The van der Waals surface area contributed by atoms with Gasteiger partial charge in [-0.15, -0.1) is 0 Å². The van der Waals surface area contributed by atoms with Crippen molar-refractivity contribution in [3.8, 4) is 0 Å². The lowest BCUT2D eigenvalue weighted by atomic mass is 9.11. The van der Waals surface area contributed by atoms with E-state index in [0.717, 1.165) is 42.8 Å². The van der Waals surface area contributed by atoms with Gasteiger partial charge in [-0.25, -0.2) is 0 Å². The zero-order valence-electron chi connectivity index (χ0n) is 41.5. The maximum atomic E-state index is 2.91. The molecule has 0 aromatic carbocycles. The normalized spacial score (nSPS) is 51.7. The molecule has 6 aliphatic heterocycles. The van der Waals surface area contributed by atoms with Crippen molar-refractivity contribution in [2.24, 2.45) is 98.6 Å². The van der Waals surface area contributed by atoms with Crippen LogP contribution in [0.2, 0.25) is 34.9 Å². The van der Waals surface area contributed by atoms with Gasteiger partial charge in [0.15, 0.2) is 13.4 Å². The predicted molar refractivity (Wildman–Crippen MR) is 285 cm³/mol. The van der Waals surface area contributed by atoms with Gasteiger partial charge in [-0.2, -0.15) is 0 Å². The van der Waals surface area contributed by atoms with Crippen molar-refractivity contribution in [3.05, 3.63) is 168 Å². The first-order valence-electron chi connectivity index (χ1n) is 28.9. The average molecular weight is 891 g/mol. The minimum Gasteiger partial charge on any atom is -0.0880 e. The standard InChI is InChI=1S/C66H76B2/c1-63(2)49-27-11-23-45-41-19-5-6-20-42(41)46-24-12-29-51-58(46)67(57(45)49)61-50(63)28-15-30-52(61)64(51,3)38-40-18-17-37-66(39-40)54-32-14-26-48-44-22-8-7-21-43(44)47-25-13-31-53-59(47)68(60(48)54)62-55(33-16-34-56(62)66)65(53)35-9-4-10-36-65/h5-8,11-16,19-22,24-25,27-34,40-45,48-49,51-55,57-62H,4,9-10,17-18,23,26,35-39H2,1-3H3. The minimum atomic E-state index is 0.175. The van der Waals surface area contributed by atoms with Gasteiger partial charge in [-0.1, -0.05) is 233 Å². The molecule has 0 radical (unpaired) electrons. The van der Waals surface area contributed by atoms with E-state index >= 15 is 0 Å². The number of allylic oxidation sites excluding steroid dienone is 28. The summed E-state index contributed by atoms with van der Waals surface area (Å²) in [7, 11) is 0. The van der Waals surface area contributed by atoms with Crippen LogP contribution in [-0.2, 0) is 0 Å². The highest BCUT2D eigenvalue weighted by molar-refractivity contribution is 6.67. The highest BCUT2D eigenvalue weighted by Gasteiger charge is 2.73. The van der Waals surface area contributed by atoms with Gasteiger partial charge >= 0.3 is 0 Å². The van der Waals surface area contributed by atoms with Crippen LogP contribution in [0.25, 0.3) is 0 Å². The zero-order valence-corrected chi connectivity index (χ0v) is 41.5. The summed E-state index contributed by atoms with van der Waals surface area (Å²) < 4.78 is 0. The monoisotopic (exact) mass is 891 g/mol. The molecule has 6 saturated heterocycles. The lowest BCUT2D eigenvalue weighted by molar-refractivity contribution is 0.0116. The van der Waals surface area contributed by atoms with Crippen molar-refractivity contribution in [3.63, 3.8) is 0 Å². The van der Waals surface area contributed by atoms with Gasteiger partial charge < -0.3 is 0 Å². The second-order valence-electron chi connectivity index (χ2n) is 27.4. The third-order valence-electron chi connectivity index (χ3n) is 25.5. The van der Waals surface area contributed by atoms with Gasteiger partial charge in [-0.3, -0.25) is 0 Å². The quantitative estimate of drug-likeness (QED) is 0.191. The fourth-order valence-corrected chi connectivity index (χ4v) is 23.8. The molecule has 6 heterocycles. The van der Waals surface area contributed by atoms with Gasteiger partial charge in [0, 0.05) is 11.8 Å². The van der Waals surface area contributed by atoms with Crippen LogP contribution in [0.4, 0.5) is 0 Å². The Morgan fingerprint density at radius 3 is 1.72 bits per heavy atom. The molecule has 2 spiro atoms. The van der Waals surface area contributed by atoms with E-state index in [1.54, 1.807) is 0 Å². The first-order valence-corrected chi connectivity index (χ1v) is 28.9. The highest BCUT2D eigenvalue weighted by Crippen LogP contribution is 2.80. The minimum absolute atomic E-state index is 0.175. The Kier molecular flexibility index (Phi) is 8.68. The third-order valence-corrected chi connectivity index (χ3v) is 25.5. The molecule has 16 rings (SSSR count). The van der Waals surface area contributed by atoms with Crippen molar-refractivity contribution in [2.45, 2.75) is 133 Å². The topological polar surface area (TPSA) is 0 Å². The van der Waals surface area contributed by atoms with Crippen LogP contribution < -0.4 is 0 Å². The molecular weight excluding hydrogens is 814 g/mol. The predicted octanol–water partition coefficient (Wildman–Crippen LogP) is 16.4. The smallest absolute Gasteiger partial charge is 0.0880 e. The fraction of sp³-hybridized carbons (Fsp3) is 0.576. The molecule has 346 valence electrons. The summed E-state index contributed by atoms with van der Waals surface area (Å²) in [5, 5.41) is 0. The molecule has 2 heteroatoms. The van der Waals surface area contributed by atoms with E-state index in [1.807, 2.05) is 22.3 Å². The molecule has 0 amide bonds. The van der Waals surface area contributed by atoms with Gasteiger partial charge in [0.2, 0.25) is 0 Å². The Hall–Kier alpha value is -3.51. The SMILES string of the molecule is CC1(C)C2=CC=CC3C2B2C4C(=CC=CC4C3(C)CC3CCCC4(C3)C3=CC=CC5C3B3C6C(=CC=CC6C56CCCCC6)C5C=CC=CC5C5CC=CC4C35)C3C=CC=CC3C3CC=CC1C23. The summed E-state index contributed by atoms with van der Waals surface area (Å²) in [5.41, 5.74) is 8.50. The molecule has 68 heavy (non-hydrogen) atoms. The van der Waals surface area contributed by atoms with Crippen LogP contribution in [0, 0.1) is 98.6 Å². The molecule has 2 saturated carbocycles. The van der Waals surface area contributed by atoms with E-state index < -0.39 is 0 Å². The van der Waals surface area contributed by atoms with Gasteiger partial charge in [0.25, 0.3) is 0 Å². The van der Waals surface area contributed by atoms with E-state index in [2.05, 4.69) is 167 Å². The number of rotatable bonds is 2. The molecule has 0 aromatic rings. The maximum absolute atomic E-state index is 2.91. The Bertz CT molecular complexity index is 2650. The molecule has 0 aromatic heterocycles. The van der Waals surface area contributed by atoms with Crippen molar-refractivity contribution in [1.82, 2.24) is 0 Å². The zero-order chi connectivity index (χ0) is 44.9. The molecule has 21 atom stereocenters. The van der Waals surface area contributed by atoms with Crippen LogP contribution >= 0.6 is 0 Å². The lowest BCUT2D eigenvalue weighted by Crippen LogP contribution is -2.63. The van der Waals surface area contributed by atoms with Crippen molar-refractivity contribution < 1.29 is 0 Å². The molecule has 10 aliphatic carbocycles. The summed E-state index contributed by atoms with van der Waals surface area (Å²) in [6.45, 7) is 9.72. The highest BCUT2D eigenvalue weighted by atomic mass is 14.7. The lowest BCUT2D eigenvalue weighted by Gasteiger charge is -2.69. The van der Waals surface area contributed by atoms with Crippen LogP contribution in [0.15, 0.2) is 168 Å². The van der Waals surface area contributed by atoms with Gasteiger partial charge in [-0.05, 0) is 155 Å². The molecule has 0 nitrogen and oxygen atoms in total. The largest absolute Gasteiger partial charge is 0.161 e. The first-order chi connectivity index (χ1) is 33.3. The van der Waals surface area contributed by atoms with Crippen molar-refractivity contribution >= 4 is 13.4 Å². The molecule has 21 unspecified atom stereocenters. The summed E-state index contributed by atoms with van der Waals surface area (Å²) in [6.07, 6.45) is 80.8. The van der Waals surface area contributed by atoms with E-state index in [0.29, 0.717) is 87.9 Å². The summed E-state index contributed by atoms with van der Waals surface area (Å²) >= 11 is 0. The van der Waals surface area contributed by atoms with E-state index in [9.17, 15) is 0 Å². The van der Waals surface area contributed by atoms with E-state index in [-0.39, 0.29) is 16.2 Å². The van der Waals surface area contributed by atoms with Gasteiger partial charge in [0.05, 0.1) is 0 Å². The average Bonchev–Trinajstić information content (AvgIpc) is 3.59. The summed E-state index contributed by atoms with van der Waals surface area (Å²) in [4.78, 5) is 0. The summed E-state index contributed by atoms with van der Waals surface area (Å²) in [5.74, 6) is 12.6. The van der Waals surface area contributed by atoms with Crippen LogP contribution in [0.5, 0.6) is 0 Å². The van der Waals surface area contributed by atoms with Crippen LogP contribution in [-0.4, -0.2) is 13.4 Å².